The highest BCUT2D eigenvalue weighted by atomic mass is 32.2. The first kappa shape index (κ1) is 19.8. The number of aromatic nitrogens is 3. The number of benzene rings is 1. The average Bonchev–Trinajstić information content (AvgIpc) is 3.36. The number of thioether (sulfide) groups is 1. The van der Waals surface area contributed by atoms with E-state index in [9.17, 15) is 4.79 Å². The van der Waals surface area contributed by atoms with Crippen LogP contribution in [0.25, 0.3) is 0 Å². The molecule has 0 radical (unpaired) electrons. The number of fused-ring (bicyclic) bond motifs is 1. The molecule has 2 aromatic heterocycles. The summed E-state index contributed by atoms with van der Waals surface area (Å²) in [5.74, 6) is 0.782. The minimum Gasteiger partial charge on any atom is -0.416 e. The van der Waals surface area contributed by atoms with E-state index in [0.717, 1.165) is 22.1 Å². The molecule has 4 rings (SSSR count). The van der Waals surface area contributed by atoms with E-state index >= 15 is 0 Å². The number of hydrogen-bond acceptors (Lipinski definition) is 8. The molecule has 1 aliphatic heterocycles. The van der Waals surface area contributed by atoms with Crippen molar-refractivity contribution >= 4 is 34.6 Å². The molecule has 1 aliphatic rings. The van der Waals surface area contributed by atoms with Crippen LogP contribution in [0.1, 0.15) is 36.0 Å². The zero-order chi connectivity index (χ0) is 20.6. The van der Waals surface area contributed by atoms with E-state index in [1.165, 1.54) is 17.3 Å². The van der Waals surface area contributed by atoms with Crippen molar-refractivity contribution in [2.45, 2.75) is 37.8 Å². The van der Waals surface area contributed by atoms with Crippen LogP contribution in [0.4, 0.5) is 5.69 Å². The molecule has 0 saturated heterocycles. The molecule has 29 heavy (non-hydrogen) atoms. The van der Waals surface area contributed by atoms with Crippen LogP contribution in [0.5, 0.6) is 0 Å². The number of anilines is 1. The summed E-state index contributed by atoms with van der Waals surface area (Å²) >= 11 is 2.86. The number of rotatable bonds is 6. The summed E-state index contributed by atoms with van der Waals surface area (Å²) < 4.78 is 5.65. The van der Waals surface area contributed by atoms with Gasteiger partial charge in [0.15, 0.2) is 5.78 Å². The maximum atomic E-state index is 12.6. The minimum atomic E-state index is -0.213. The van der Waals surface area contributed by atoms with Crippen molar-refractivity contribution in [1.82, 2.24) is 15.2 Å². The Bertz CT molecular complexity index is 1080. The lowest BCUT2D eigenvalue weighted by molar-refractivity contribution is -0.112. The minimum absolute atomic E-state index is 0.0209. The lowest BCUT2D eigenvalue weighted by atomic mass is 9.83. The summed E-state index contributed by atoms with van der Waals surface area (Å²) in [5.41, 5.74) is 4.07. The first-order valence-corrected chi connectivity index (χ1v) is 11.2. The van der Waals surface area contributed by atoms with Gasteiger partial charge in [0, 0.05) is 35.3 Å². The van der Waals surface area contributed by atoms with Gasteiger partial charge in [-0.1, -0.05) is 43.8 Å². The quantitative estimate of drug-likeness (QED) is 0.427. The number of aryl methyl sites for hydroxylation is 1. The number of thiazole rings is 1. The van der Waals surface area contributed by atoms with E-state index in [1.807, 2.05) is 31.5 Å². The molecule has 0 unspecified atom stereocenters. The molecule has 0 spiro atoms. The third kappa shape index (κ3) is 4.00. The van der Waals surface area contributed by atoms with Crippen LogP contribution < -0.4 is 4.90 Å². The number of para-hydroxylation sites is 1. The second-order valence-corrected chi connectivity index (χ2v) is 9.47. The molecular formula is C21H22N4O2S2. The van der Waals surface area contributed by atoms with Crippen LogP contribution in [-0.2, 0) is 16.6 Å². The number of hydrogen-bond donors (Lipinski definition) is 0. The molecule has 0 aliphatic carbocycles. The summed E-state index contributed by atoms with van der Waals surface area (Å²) in [7, 11) is 2.00. The standard InChI is InChI=1S/C21H22N4O2S2/c1-13-22-14(11-28-13)9-19-23-24-20(27-19)29-12-15(26)10-18-21(2,3)16-7-5-6-8-17(16)25(18)4/h5-8,10-11H,9,12H2,1-4H3/b18-10-. The van der Waals surface area contributed by atoms with Crippen molar-refractivity contribution in [3.63, 3.8) is 0 Å². The molecule has 3 aromatic rings. The van der Waals surface area contributed by atoms with E-state index in [-0.39, 0.29) is 17.0 Å². The van der Waals surface area contributed by atoms with Gasteiger partial charge in [0.05, 0.1) is 22.9 Å². The Morgan fingerprint density at radius 3 is 2.83 bits per heavy atom. The normalized spacial score (nSPS) is 16.4. The van der Waals surface area contributed by atoms with Crippen molar-refractivity contribution in [2.24, 2.45) is 0 Å². The molecule has 8 heteroatoms. The molecule has 0 amide bonds. The molecule has 0 N–H and O–H groups in total. The second kappa shape index (κ2) is 7.76. The lowest BCUT2D eigenvalue weighted by Crippen LogP contribution is -2.24. The molecular weight excluding hydrogens is 404 g/mol. The van der Waals surface area contributed by atoms with Crippen LogP contribution in [0, 0.1) is 6.92 Å². The fourth-order valence-electron chi connectivity index (χ4n) is 3.60. The summed E-state index contributed by atoms with van der Waals surface area (Å²) in [6.45, 7) is 6.25. The summed E-state index contributed by atoms with van der Waals surface area (Å²) in [6, 6.07) is 8.26. The molecule has 0 saturated carbocycles. The second-order valence-electron chi connectivity index (χ2n) is 7.48. The van der Waals surface area contributed by atoms with Crippen LogP contribution >= 0.6 is 23.1 Å². The van der Waals surface area contributed by atoms with Crippen LogP contribution in [0.15, 0.2) is 51.1 Å². The van der Waals surface area contributed by atoms with Gasteiger partial charge < -0.3 is 9.32 Å². The SMILES string of the molecule is Cc1nc(Cc2nnc(SCC(=O)/C=C3\N(C)c4ccccc4C3(C)C)o2)cs1. The van der Waals surface area contributed by atoms with E-state index in [2.05, 4.69) is 46.1 Å². The van der Waals surface area contributed by atoms with Crippen molar-refractivity contribution in [2.75, 3.05) is 17.7 Å². The van der Waals surface area contributed by atoms with Crippen molar-refractivity contribution in [3.8, 4) is 0 Å². The highest BCUT2D eigenvalue weighted by Gasteiger charge is 2.38. The number of ketones is 1. The first-order valence-electron chi connectivity index (χ1n) is 9.29. The van der Waals surface area contributed by atoms with Crippen LogP contribution in [0.3, 0.4) is 0 Å². The average molecular weight is 427 g/mol. The third-order valence-electron chi connectivity index (χ3n) is 5.02. The van der Waals surface area contributed by atoms with Gasteiger partial charge in [-0.15, -0.1) is 21.5 Å². The van der Waals surface area contributed by atoms with E-state index < -0.39 is 0 Å². The first-order chi connectivity index (χ1) is 13.8. The number of likely N-dealkylation sites (N-methyl/N-ethyl adjacent to an activating group) is 1. The monoisotopic (exact) mass is 426 g/mol. The molecule has 0 bridgehead atoms. The van der Waals surface area contributed by atoms with Crippen molar-refractivity contribution < 1.29 is 9.21 Å². The van der Waals surface area contributed by atoms with Gasteiger partial charge in [0.2, 0.25) is 5.89 Å². The number of carbonyl (C=O) groups is 1. The molecule has 0 atom stereocenters. The molecule has 3 heterocycles. The third-order valence-corrected chi connectivity index (χ3v) is 6.69. The maximum Gasteiger partial charge on any atom is 0.277 e. The predicted octanol–water partition coefficient (Wildman–Crippen LogP) is 4.40. The fraction of sp³-hybridized carbons (Fsp3) is 0.333. The van der Waals surface area contributed by atoms with Crippen molar-refractivity contribution in [3.05, 3.63) is 63.6 Å². The van der Waals surface area contributed by atoms with Crippen LogP contribution in [-0.4, -0.2) is 33.8 Å². The van der Waals surface area contributed by atoms with Crippen LogP contribution in [0.2, 0.25) is 0 Å². The van der Waals surface area contributed by atoms with Gasteiger partial charge in [-0.05, 0) is 18.6 Å². The van der Waals surface area contributed by atoms with Crippen molar-refractivity contribution in [1.29, 1.82) is 0 Å². The summed E-state index contributed by atoms with van der Waals surface area (Å²) in [4.78, 5) is 19.1. The van der Waals surface area contributed by atoms with Gasteiger partial charge in [-0.2, -0.15) is 0 Å². The molecule has 0 fully saturated rings. The smallest absolute Gasteiger partial charge is 0.277 e. The zero-order valence-corrected chi connectivity index (χ0v) is 18.4. The predicted molar refractivity (Wildman–Crippen MR) is 116 cm³/mol. The van der Waals surface area contributed by atoms with Gasteiger partial charge >= 0.3 is 0 Å². The fourth-order valence-corrected chi connectivity index (χ4v) is 4.81. The Morgan fingerprint density at radius 1 is 1.31 bits per heavy atom. The van der Waals surface area contributed by atoms with E-state index in [0.29, 0.717) is 17.5 Å². The Morgan fingerprint density at radius 2 is 2.10 bits per heavy atom. The zero-order valence-electron chi connectivity index (χ0n) is 16.8. The Labute approximate surface area is 178 Å². The molecule has 150 valence electrons. The Kier molecular flexibility index (Phi) is 5.31. The molecule has 6 nitrogen and oxygen atoms in total. The highest BCUT2D eigenvalue weighted by molar-refractivity contribution is 7.99. The Balaban J connectivity index is 1.41. The topological polar surface area (TPSA) is 72.1 Å². The highest BCUT2D eigenvalue weighted by Crippen LogP contribution is 2.46. The number of carbonyl (C=O) groups excluding carboxylic acids is 1. The van der Waals surface area contributed by atoms with Gasteiger partial charge in [0.1, 0.15) is 0 Å². The largest absolute Gasteiger partial charge is 0.416 e. The maximum absolute atomic E-state index is 12.6. The van der Waals surface area contributed by atoms with Gasteiger partial charge in [0.25, 0.3) is 5.22 Å². The summed E-state index contributed by atoms with van der Waals surface area (Å²) in [6.07, 6.45) is 2.25. The number of nitrogens with zero attached hydrogens (tertiary/aromatic N) is 4. The lowest BCUT2D eigenvalue weighted by Gasteiger charge is -2.23. The van der Waals surface area contributed by atoms with Gasteiger partial charge in [-0.25, -0.2) is 4.98 Å². The number of allylic oxidation sites excluding steroid dienone is 2. The molecule has 1 aromatic carbocycles. The van der Waals surface area contributed by atoms with Gasteiger partial charge in [-0.3, -0.25) is 4.79 Å². The summed E-state index contributed by atoms with van der Waals surface area (Å²) in [5, 5.41) is 11.5. The Hall–Kier alpha value is -2.45. The van der Waals surface area contributed by atoms with E-state index in [4.69, 9.17) is 4.42 Å². The van der Waals surface area contributed by atoms with E-state index in [1.54, 1.807) is 17.4 Å².